The number of nitrogens with zero attached hydrogens (tertiary/aromatic N) is 3. The maximum Gasteiger partial charge on any atom is 0.168 e. The zero-order valence-corrected chi connectivity index (χ0v) is 15.6. The first-order valence-electron chi connectivity index (χ1n) is 10.0. The maximum atomic E-state index is 11.1. The van der Waals surface area contributed by atoms with E-state index in [0.29, 0.717) is 38.1 Å². The van der Waals surface area contributed by atoms with Crippen LogP contribution in [0.1, 0.15) is 44.2 Å². The van der Waals surface area contributed by atoms with Crippen LogP contribution in [0.3, 0.4) is 0 Å². The Bertz CT molecular complexity index is 635. The Labute approximate surface area is 155 Å². The van der Waals surface area contributed by atoms with Crippen molar-refractivity contribution in [3.05, 3.63) is 24.0 Å². The van der Waals surface area contributed by atoms with Crippen LogP contribution in [0.5, 0.6) is 0 Å². The molecule has 2 unspecified atom stereocenters. The molecule has 1 aromatic rings. The zero-order valence-electron chi connectivity index (χ0n) is 15.6. The van der Waals surface area contributed by atoms with Crippen LogP contribution in [-0.4, -0.2) is 66.2 Å². The van der Waals surface area contributed by atoms with Gasteiger partial charge in [-0.1, -0.05) is 0 Å². The Hall–Kier alpha value is -1.21. The van der Waals surface area contributed by atoms with Gasteiger partial charge in [-0.05, 0) is 44.9 Å². The van der Waals surface area contributed by atoms with E-state index in [2.05, 4.69) is 27.9 Å². The monoisotopic (exact) mass is 359 g/mol. The summed E-state index contributed by atoms with van der Waals surface area (Å²) in [5.74, 6) is -0.453. The molecule has 3 saturated heterocycles. The predicted octanol–water partition coefficient (Wildman–Crippen LogP) is 1.87. The minimum Gasteiger partial charge on any atom is -0.384 e. The molecule has 6 nitrogen and oxygen atoms in total. The van der Waals surface area contributed by atoms with E-state index in [0.717, 1.165) is 31.6 Å². The van der Waals surface area contributed by atoms with Crippen LogP contribution < -0.4 is 4.90 Å². The molecule has 1 N–H and O–H groups in total. The molecule has 4 heterocycles. The highest BCUT2D eigenvalue weighted by Crippen LogP contribution is 2.44. The van der Waals surface area contributed by atoms with Crippen molar-refractivity contribution in [2.75, 3.05) is 38.3 Å². The van der Waals surface area contributed by atoms with Crippen LogP contribution in [-0.2, 0) is 15.1 Å². The van der Waals surface area contributed by atoms with E-state index in [1.54, 1.807) is 0 Å². The highest BCUT2D eigenvalue weighted by Gasteiger charge is 2.47. The van der Waals surface area contributed by atoms with Crippen molar-refractivity contribution in [3.63, 3.8) is 0 Å². The Morgan fingerprint density at radius 1 is 1.04 bits per heavy atom. The number of ether oxygens (including phenoxy) is 2. The third kappa shape index (κ3) is 2.74. The van der Waals surface area contributed by atoms with Crippen molar-refractivity contribution in [2.24, 2.45) is 0 Å². The molecule has 0 radical (unpaired) electrons. The lowest BCUT2D eigenvalue weighted by Gasteiger charge is -2.41. The number of piperazine rings is 1. The van der Waals surface area contributed by atoms with Gasteiger partial charge in [-0.15, -0.1) is 0 Å². The van der Waals surface area contributed by atoms with Crippen molar-refractivity contribution in [2.45, 2.75) is 62.0 Å². The minimum absolute atomic E-state index is 0.453. The Morgan fingerprint density at radius 2 is 1.69 bits per heavy atom. The van der Waals surface area contributed by atoms with Gasteiger partial charge in [-0.3, -0.25) is 9.88 Å². The summed E-state index contributed by atoms with van der Waals surface area (Å²) in [6, 6.07) is 5.49. The lowest BCUT2D eigenvalue weighted by Crippen LogP contribution is -2.52. The van der Waals surface area contributed by atoms with E-state index in [-0.39, 0.29) is 0 Å². The predicted molar refractivity (Wildman–Crippen MR) is 98.0 cm³/mol. The van der Waals surface area contributed by atoms with E-state index >= 15 is 0 Å². The lowest BCUT2D eigenvalue weighted by molar-refractivity contribution is -0.204. The molecule has 0 amide bonds. The molecule has 4 aliphatic rings. The quantitative estimate of drug-likeness (QED) is 0.870. The van der Waals surface area contributed by atoms with Gasteiger partial charge in [0.25, 0.3) is 0 Å². The van der Waals surface area contributed by atoms with Crippen molar-refractivity contribution in [1.82, 2.24) is 9.88 Å². The Balaban J connectivity index is 1.28. The van der Waals surface area contributed by atoms with E-state index in [1.165, 1.54) is 18.5 Å². The van der Waals surface area contributed by atoms with Gasteiger partial charge in [0.15, 0.2) is 5.79 Å². The molecule has 1 aromatic heterocycles. The molecule has 1 aliphatic carbocycles. The number of hydrogen-bond donors (Lipinski definition) is 1. The summed E-state index contributed by atoms with van der Waals surface area (Å²) in [6.07, 6.45) is 7.29. The highest BCUT2D eigenvalue weighted by atomic mass is 16.7. The minimum atomic E-state index is -0.861. The fourth-order valence-corrected chi connectivity index (χ4v) is 5.26. The van der Waals surface area contributed by atoms with Gasteiger partial charge in [0, 0.05) is 38.0 Å². The number of anilines is 1. The smallest absolute Gasteiger partial charge is 0.168 e. The zero-order chi connectivity index (χ0) is 17.8. The molecule has 1 spiro atoms. The number of hydrogen-bond acceptors (Lipinski definition) is 6. The van der Waals surface area contributed by atoms with Crippen molar-refractivity contribution < 1.29 is 14.6 Å². The molecule has 1 saturated carbocycles. The normalized spacial score (nSPS) is 33.1. The van der Waals surface area contributed by atoms with Crippen LogP contribution in [0.25, 0.3) is 0 Å². The molecule has 142 valence electrons. The second kappa shape index (κ2) is 6.16. The van der Waals surface area contributed by atoms with Gasteiger partial charge in [-0.2, -0.15) is 0 Å². The standard InChI is InChI=1S/C20H29N3O3/c1-22-16-2-3-17(22)14-23(13-16)15-4-5-18(21-12-15)19(24)6-8-20(9-7-19)25-10-11-26-20/h4-5,12,16-17,24H,2-3,6-11,13-14H2,1H3. The van der Waals surface area contributed by atoms with Crippen LogP contribution in [0, 0.1) is 0 Å². The number of aliphatic hydroxyl groups is 1. The van der Waals surface area contributed by atoms with Crippen molar-refractivity contribution >= 4 is 5.69 Å². The summed E-state index contributed by atoms with van der Waals surface area (Å²) < 4.78 is 11.6. The summed E-state index contributed by atoms with van der Waals surface area (Å²) in [5, 5.41) is 11.1. The largest absolute Gasteiger partial charge is 0.384 e. The summed E-state index contributed by atoms with van der Waals surface area (Å²) in [6.45, 7) is 3.49. The van der Waals surface area contributed by atoms with Crippen LogP contribution in [0.4, 0.5) is 5.69 Å². The van der Waals surface area contributed by atoms with Gasteiger partial charge in [0.05, 0.1) is 30.8 Å². The SMILES string of the molecule is CN1C2CCC1CN(c1ccc(C3(O)CCC4(CC3)OCCO4)nc1)C2. The third-order valence-corrected chi connectivity index (χ3v) is 7.09. The average Bonchev–Trinajstić information content (AvgIpc) is 3.18. The number of fused-ring (bicyclic) bond motifs is 2. The van der Waals surface area contributed by atoms with E-state index in [1.807, 2.05) is 12.3 Å². The third-order valence-electron chi connectivity index (χ3n) is 7.09. The van der Waals surface area contributed by atoms with Crippen LogP contribution in [0.2, 0.25) is 0 Å². The first kappa shape index (κ1) is 16.9. The molecular weight excluding hydrogens is 330 g/mol. The highest BCUT2D eigenvalue weighted by molar-refractivity contribution is 5.46. The van der Waals surface area contributed by atoms with Gasteiger partial charge < -0.3 is 19.5 Å². The van der Waals surface area contributed by atoms with Crippen LogP contribution >= 0.6 is 0 Å². The Morgan fingerprint density at radius 3 is 2.27 bits per heavy atom. The molecule has 0 aromatic carbocycles. The second-order valence-electron chi connectivity index (χ2n) is 8.50. The summed E-state index contributed by atoms with van der Waals surface area (Å²) in [5.41, 5.74) is 1.10. The number of aromatic nitrogens is 1. The molecule has 4 fully saturated rings. The number of likely N-dealkylation sites (N-methyl/N-ethyl adjacent to an activating group) is 1. The maximum absolute atomic E-state index is 11.1. The second-order valence-corrected chi connectivity index (χ2v) is 8.50. The van der Waals surface area contributed by atoms with Crippen molar-refractivity contribution in [3.8, 4) is 0 Å². The van der Waals surface area contributed by atoms with Gasteiger partial charge in [-0.25, -0.2) is 0 Å². The van der Waals surface area contributed by atoms with Gasteiger partial charge >= 0.3 is 0 Å². The topological polar surface area (TPSA) is 58.1 Å². The first-order chi connectivity index (χ1) is 12.6. The average molecular weight is 359 g/mol. The molecule has 6 heteroatoms. The molecule has 5 rings (SSSR count). The summed E-state index contributed by atoms with van der Waals surface area (Å²) in [7, 11) is 2.25. The Kier molecular flexibility index (Phi) is 4.01. The van der Waals surface area contributed by atoms with E-state index in [9.17, 15) is 5.11 Å². The first-order valence-corrected chi connectivity index (χ1v) is 10.0. The molecule has 2 bridgehead atoms. The van der Waals surface area contributed by atoms with Gasteiger partial charge in [0.1, 0.15) is 5.60 Å². The fraction of sp³-hybridized carbons (Fsp3) is 0.750. The number of pyridine rings is 1. The summed E-state index contributed by atoms with van der Waals surface area (Å²) >= 11 is 0. The van der Waals surface area contributed by atoms with E-state index in [4.69, 9.17) is 9.47 Å². The number of rotatable bonds is 2. The molecule has 26 heavy (non-hydrogen) atoms. The van der Waals surface area contributed by atoms with Crippen LogP contribution in [0.15, 0.2) is 18.3 Å². The fourth-order valence-electron chi connectivity index (χ4n) is 5.26. The molecular formula is C20H29N3O3. The van der Waals surface area contributed by atoms with Gasteiger partial charge in [0.2, 0.25) is 0 Å². The molecule has 3 aliphatic heterocycles. The summed E-state index contributed by atoms with van der Waals surface area (Å²) in [4.78, 5) is 9.66. The van der Waals surface area contributed by atoms with E-state index < -0.39 is 11.4 Å². The lowest BCUT2D eigenvalue weighted by atomic mass is 9.79. The molecule has 2 atom stereocenters. The van der Waals surface area contributed by atoms with Crippen molar-refractivity contribution in [1.29, 1.82) is 0 Å².